The predicted molar refractivity (Wildman–Crippen MR) is 149 cm³/mol. The quantitative estimate of drug-likeness (QED) is 0.477. The number of carbonyl (C=O) groups excluding carboxylic acids is 2. The SMILES string of the molecule is C=C1CCCCCOC(=O)C[C@@H](C2CCCCC2)C(=O)N2C[C@@H](C[C@H]2C(=O)O)Oc2ccc3ccccc3c21. The first-order chi connectivity index (χ1) is 18.9. The summed E-state index contributed by atoms with van der Waals surface area (Å²) in [5.41, 5.74) is 1.90. The zero-order valence-corrected chi connectivity index (χ0v) is 22.6. The molecule has 1 amide bonds. The number of amides is 1. The Morgan fingerprint density at radius 3 is 2.54 bits per heavy atom. The first-order valence-electron chi connectivity index (χ1n) is 14.5. The van der Waals surface area contributed by atoms with Gasteiger partial charge in [-0.15, -0.1) is 0 Å². The van der Waals surface area contributed by atoms with E-state index < -0.39 is 24.0 Å². The number of fused-ring (bicyclic) bond motifs is 5. The fourth-order valence-electron chi connectivity index (χ4n) is 6.63. The number of ether oxygens (including phenoxy) is 2. The molecule has 39 heavy (non-hydrogen) atoms. The summed E-state index contributed by atoms with van der Waals surface area (Å²) in [6.07, 6.45) is 7.95. The number of hydrogen-bond acceptors (Lipinski definition) is 5. The van der Waals surface area contributed by atoms with E-state index in [1.165, 1.54) is 4.90 Å². The average Bonchev–Trinajstić information content (AvgIpc) is 3.37. The van der Waals surface area contributed by atoms with Gasteiger partial charge in [0.2, 0.25) is 5.91 Å². The molecule has 0 spiro atoms. The fourth-order valence-corrected chi connectivity index (χ4v) is 6.63. The molecule has 2 aromatic carbocycles. The van der Waals surface area contributed by atoms with Crippen LogP contribution in [0.15, 0.2) is 43.0 Å². The van der Waals surface area contributed by atoms with Crippen LogP contribution in [0.2, 0.25) is 0 Å². The minimum atomic E-state index is -1.04. The molecule has 3 aliphatic rings. The number of esters is 1. The second-order valence-corrected chi connectivity index (χ2v) is 11.3. The summed E-state index contributed by atoms with van der Waals surface area (Å²) in [5, 5.41) is 12.2. The lowest BCUT2D eigenvalue weighted by atomic mass is 9.77. The van der Waals surface area contributed by atoms with Crippen molar-refractivity contribution in [3.05, 3.63) is 48.5 Å². The van der Waals surface area contributed by atoms with Gasteiger partial charge in [0.25, 0.3) is 0 Å². The molecule has 7 heteroatoms. The number of carboxylic acid groups (broad SMARTS) is 1. The number of carboxylic acids is 1. The number of rotatable bonds is 2. The highest BCUT2D eigenvalue weighted by atomic mass is 16.5. The zero-order chi connectivity index (χ0) is 27.4. The maximum absolute atomic E-state index is 14.0. The molecule has 2 aromatic rings. The molecule has 208 valence electrons. The van der Waals surface area contributed by atoms with Crippen molar-refractivity contribution in [1.29, 1.82) is 0 Å². The number of aliphatic carboxylic acids is 1. The Hall–Kier alpha value is -3.35. The lowest BCUT2D eigenvalue weighted by Crippen LogP contribution is -2.46. The average molecular weight is 534 g/mol. The van der Waals surface area contributed by atoms with E-state index in [2.05, 4.69) is 18.7 Å². The van der Waals surface area contributed by atoms with Gasteiger partial charge in [-0.1, -0.05) is 56.2 Å². The Balaban J connectivity index is 1.49. The Labute approximate surface area is 230 Å². The summed E-state index contributed by atoms with van der Waals surface area (Å²) < 4.78 is 12.1. The lowest BCUT2D eigenvalue weighted by Gasteiger charge is -2.33. The maximum atomic E-state index is 14.0. The molecule has 0 radical (unpaired) electrons. The van der Waals surface area contributed by atoms with Crippen LogP contribution >= 0.6 is 0 Å². The van der Waals surface area contributed by atoms with Crippen LogP contribution in [0.4, 0.5) is 0 Å². The zero-order valence-electron chi connectivity index (χ0n) is 22.6. The molecule has 2 fully saturated rings. The van der Waals surface area contributed by atoms with Crippen LogP contribution in [0.1, 0.15) is 76.2 Å². The van der Waals surface area contributed by atoms with E-state index in [1.54, 1.807) is 0 Å². The number of nitrogens with zero attached hydrogens (tertiary/aromatic N) is 1. The predicted octanol–water partition coefficient (Wildman–Crippen LogP) is 5.99. The maximum Gasteiger partial charge on any atom is 0.326 e. The molecule has 1 saturated carbocycles. The van der Waals surface area contributed by atoms with Crippen LogP contribution in [0, 0.1) is 11.8 Å². The first-order valence-corrected chi connectivity index (χ1v) is 14.5. The summed E-state index contributed by atoms with van der Waals surface area (Å²) in [6.45, 7) is 4.89. The summed E-state index contributed by atoms with van der Waals surface area (Å²) in [6, 6.07) is 11.1. The third-order valence-electron chi connectivity index (χ3n) is 8.68. The number of carbonyl (C=O) groups is 3. The fraction of sp³-hybridized carbons (Fsp3) is 0.531. The molecule has 5 rings (SSSR count). The minimum absolute atomic E-state index is 0.00346. The van der Waals surface area contributed by atoms with Gasteiger partial charge in [0.15, 0.2) is 0 Å². The van der Waals surface area contributed by atoms with E-state index in [1.807, 2.05) is 24.3 Å². The minimum Gasteiger partial charge on any atom is -0.488 e. The molecule has 1 aliphatic carbocycles. The van der Waals surface area contributed by atoms with Crippen molar-refractivity contribution in [2.45, 2.75) is 82.8 Å². The molecule has 2 heterocycles. The van der Waals surface area contributed by atoms with Gasteiger partial charge in [0, 0.05) is 12.0 Å². The van der Waals surface area contributed by atoms with Gasteiger partial charge in [-0.05, 0) is 66.9 Å². The van der Waals surface area contributed by atoms with Crippen molar-refractivity contribution < 1.29 is 29.0 Å². The van der Waals surface area contributed by atoms with Gasteiger partial charge in [-0.25, -0.2) is 4.79 Å². The van der Waals surface area contributed by atoms with Crippen molar-refractivity contribution >= 4 is 34.2 Å². The molecule has 3 atom stereocenters. The second kappa shape index (κ2) is 12.2. The number of hydrogen-bond donors (Lipinski definition) is 1. The number of allylic oxidation sites excluding steroid dienone is 1. The first kappa shape index (κ1) is 27.2. The molecule has 2 bridgehead atoms. The van der Waals surface area contributed by atoms with Crippen molar-refractivity contribution in [3.8, 4) is 5.75 Å². The highest BCUT2D eigenvalue weighted by Crippen LogP contribution is 2.39. The van der Waals surface area contributed by atoms with E-state index >= 15 is 0 Å². The molecule has 7 nitrogen and oxygen atoms in total. The standard InChI is InChI=1S/C32H39NO6/c1-21-10-4-3-9-17-38-29(34)19-26(22-11-5-2-6-12-22)31(35)33-20-24(18-27(33)32(36)37)39-28-16-15-23-13-7-8-14-25(23)30(21)28/h7-8,13-16,22,24,26-27H,1-6,9-12,17-20H2,(H,36,37)/t24-,26+,27+/m1/s1. The van der Waals surface area contributed by atoms with Gasteiger partial charge in [-0.3, -0.25) is 9.59 Å². The Morgan fingerprint density at radius 1 is 0.974 bits per heavy atom. The highest BCUT2D eigenvalue weighted by Gasteiger charge is 2.45. The summed E-state index contributed by atoms with van der Waals surface area (Å²) >= 11 is 0. The van der Waals surface area contributed by atoms with E-state index in [0.29, 0.717) is 12.4 Å². The van der Waals surface area contributed by atoms with E-state index in [-0.39, 0.29) is 37.2 Å². The van der Waals surface area contributed by atoms with E-state index in [0.717, 1.165) is 79.7 Å². The molecule has 2 aliphatic heterocycles. The smallest absolute Gasteiger partial charge is 0.326 e. The molecular formula is C32H39NO6. The summed E-state index contributed by atoms with van der Waals surface area (Å²) in [7, 11) is 0. The largest absolute Gasteiger partial charge is 0.488 e. The third kappa shape index (κ3) is 6.13. The van der Waals surface area contributed by atoms with Crippen LogP contribution in [0.5, 0.6) is 5.75 Å². The normalized spacial score (nSPS) is 26.0. The number of benzene rings is 2. The Bertz CT molecular complexity index is 1230. The van der Waals surface area contributed by atoms with E-state index in [9.17, 15) is 19.5 Å². The topological polar surface area (TPSA) is 93.1 Å². The summed E-state index contributed by atoms with van der Waals surface area (Å²) in [4.78, 5) is 40.6. The Morgan fingerprint density at radius 2 is 1.74 bits per heavy atom. The van der Waals surface area contributed by atoms with E-state index in [4.69, 9.17) is 9.47 Å². The molecule has 0 aromatic heterocycles. The van der Waals surface area contributed by atoms with Crippen LogP contribution in [-0.2, 0) is 19.1 Å². The van der Waals surface area contributed by atoms with Crippen molar-refractivity contribution in [2.75, 3.05) is 13.2 Å². The van der Waals surface area contributed by atoms with Crippen molar-refractivity contribution in [2.24, 2.45) is 11.8 Å². The van der Waals surface area contributed by atoms with Gasteiger partial charge in [0.05, 0.1) is 25.5 Å². The number of cyclic esters (lactones) is 1. The van der Waals surface area contributed by atoms with Crippen molar-refractivity contribution in [1.82, 2.24) is 4.90 Å². The van der Waals surface area contributed by atoms with Gasteiger partial charge in [-0.2, -0.15) is 0 Å². The second-order valence-electron chi connectivity index (χ2n) is 11.3. The van der Waals surface area contributed by atoms with Crippen LogP contribution in [0.25, 0.3) is 16.3 Å². The van der Waals surface area contributed by atoms with Crippen LogP contribution < -0.4 is 4.74 Å². The van der Waals surface area contributed by atoms with Gasteiger partial charge in [0.1, 0.15) is 17.9 Å². The lowest BCUT2D eigenvalue weighted by molar-refractivity contribution is -0.154. The van der Waals surface area contributed by atoms with Crippen LogP contribution in [0.3, 0.4) is 0 Å². The molecule has 1 N–H and O–H groups in total. The molecular weight excluding hydrogens is 494 g/mol. The van der Waals surface area contributed by atoms with Gasteiger partial charge >= 0.3 is 11.9 Å². The molecule has 1 saturated heterocycles. The van der Waals surface area contributed by atoms with Crippen molar-refractivity contribution in [3.63, 3.8) is 0 Å². The molecule has 0 unspecified atom stereocenters. The monoisotopic (exact) mass is 533 g/mol. The third-order valence-corrected chi connectivity index (χ3v) is 8.68. The Kier molecular flexibility index (Phi) is 8.53. The summed E-state index contributed by atoms with van der Waals surface area (Å²) in [5.74, 6) is -1.50. The van der Waals surface area contributed by atoms with Gasteiger partial charge < -0.3 is 19.5 Å². The van der Waals surface area contributed by atoms with Crippen LogP contribution in [-0.4, -0.2) is 53.1 Å². The highest BCUT2D eigenvalue weighted by molar-refractivity contribution is 5.96.